The van der Waals surface area contributed by atoms with E-state index in [1.54, 1.807) is 0 Å². The fourth-order valence-electron chi connectivity index (χ4n) is 2.14. The van der Waals surface area contributed by atoms with Gasteiger partial charge in [0.2, 0.25) is 0 Å². The Hall–Kier alpha value is -1.86. The third-order valence-corrected chi connectivity index (χ3v) is 8.41. The van der Waals surface area contributed by atoms with Gasteiger partial charge in [-0.3, -0.25) is 0 Å². The number of hydrogen-bond donors (Lipinski definition) is 5. The second-order valence-electron chi connectivity index (χ2n) is 5.03. The molecule has 23 heavy (non-hydrogen) atoms. The molecule has 8 N–H and O–H groups in total. The van der Waals surface area contributed by atoms with Gasteiger partial charge in [0.05, 0.1) is 0 Å². The molecule has 1 aliphatic rings. The summed E-state index contributed by atoms with van der Waals surface area (Å²) in [6.45, 7) is 0. The van der Waals surface area contributed by atoms with E-state index >= 15 is 0 Å². The first-order valence-corrected chi connectivity index (χ1v) is 13.2. The van der Waals surface area contributed by atoms with Crippen LogP contribution in [0.1, 0.15) is 0 Å². The normalized spacial score (nSPS) is 12.8. The molecule has 1 aromatic heterocycles. The van der Waals surface area contributed by atoms with Gasteiger partial charge in [0.1, 0.15) is 0 Å². The number of rotatable bonds is 4. The summed E-state index contributed by atoms with van der Waals surface area (Å²) in [6.07, 6.45) is 4.16. The number of benzene rings is 1. The first kappa shape index (κ1) is 16.0. The van der Waals surface area contributed by atoms with Gasteiger partial charge in [-0.25, -0.2) is 0 Å². The van der Waals surface area contributed by atoms with Crippen molar-refractivity contribution in [2.45, 2.75) is 0 Å². The van der Waals surface area contributed by atoms with Crippen LogP contribution in [-0.4, -0.2) is 27.3 Å². The monoisotopic (exact) mass is 515 g/mol. The van der Waals surface area contributed by atoms with E-state index in [1.165, 1.54) is 0 Å². The van der Waals surface area contributed by atoms with E-state index < -0.39 is 23.7 Å². The Morgan fingerprint density at radius 3 is 2.22 bits per heavy atom. The summed E-state index contributed by atoms with van der Waals surface area (Å²) in [5.41, 5.74) is 23.6. The minimum atomic E-state index is -0.868. The van der Waals surface area contributed by atoms with E-state index in [0.717, 1.165) is 30.4 Å². The Labute approximate surface area is 148 Å². The van der Waals surface area contributed by atoms with Gasteiger partial charge in [-0.2, -0.15) is 0 Å². The number of nitrogen functional groups attached to an aromatic ring is 3. The SMILES string of the molecule is Nc1c(NC2=[CH][Tl]=[CH]C=C2)pc(Nc2ccccc2)c(N)c1N. The molecule has 0 amide bonds. The predicted octanol–water partition coefficient (Wildman–Crippen LogP) is 3.09. The van der Waals surface area contributed by atoms with E-state index in [4.69, 9.17) is 17.2 Å². The van der Waals surface area contributed by atoms with Crippen LogP contribution in [0.2, 0.25) is 0 Å². The molecule has 114 valence electrons. The molecule has 2 heterocycles. The fourth-order valence-corrected chi connectivity index (χ4v) is 6.14. The Morgan fingerprint density at radius 1 is 0.870 bits per heavy atom. The van der Waals surface area contributed by atoms with Crippen molar-refractivity contribution in [3.05, 3.63) is 51.8 Å². The zero-order valence-corrected chi connectivity index (χ0v) is 17.8. The number of nitrogens with one attached hydrogen (secondary N) is 2. The van der Waals surface area contributed by atoms with Gasteiger partial charge in [-0.15, -0.1) is 0 Å². The Balaban J connectivity index is 1.95. The molecule has 0 radical (unpaired) electrons. The van der Waals surface area contributed by atoms with Crippen molar-refractivity contribution in [1.82, 2.24) is 0 Å². The zero-order valence-electron chi connectivity index (χ0n) is 12.5. The van der Waals surface area contributed by atoms with E-state index in [9.17, 15) is 0 Å². The summed E-state index contributed by atoms with van der Waals surface area (Å²) in [7, 11) is 0.885. The van der Waals surface area contributed by atoms with Crippen molar-refractivity contribution >= 4 is 69.1 Å². The van der Waals surface area contributed by atoms with E-state index in [1.807, 2.05) is 30.3 Å². The maximum atomic E-state index is 6.15. The molecular weight excluding hydrogens is 498 g/mol. The summed E-state index contributed by atoms with van der Waals surface area (Å²) < 4.78 is 4.60. The van der Waals surface area contributed by atoms with Crippen molar-refractivity contribution in [2.24, 2.45) is 0 Å². The topological polar surface area (TPSA) is 102 Å². The minimum absolute atomic E-state index is 0.417. The number of nitrogens with two attached hydrogens (primary N) is 3. The van der Waals surface area contributed by atoms with Crippen LogP contribution in [0.25, 0.3) is 0 Å². The van der Waals surface area contributed by atoms with E-state index in [-0.39, 0.29) is 0 Å². The van der Waals surface area contributed by atoms with Crippen LogP contribution in [0.4, 0.5) is 33.6 Å². The molecule has 0 atom stereocenters. The molecular formula is C16H17N5PTl. The molecule has 0 aliphatic carbocycles. The second-order valence-corrected chi connectivity index (χ2v) is 10.4. The van der Waals surface area contributed by atoms with E-state index in [2.05, 4.69) is 30.0 Å². The number of hydrogen-bond acceptors (Lipinski definition) is 5. The van der Waals surface area contributed by atoms with Crippen molar-refractivity contribution in [3.63, 3.8) is 0 Å². The van der Waals surface area contributed by atoms with Crippen molar-refractivity contribution in [2.75, 3.05) is 27.8 Å². The molecule has 0 saturated heterocycles. The van der Waals surface area contributed by atoms with Gasteiger partial charge < -0.3 is 0 Å². The second kappa shape index (κ2) is 7.14. The maximum absolute atomic E-state index is 6.15. The number of anilines is 6. The van der Waals surface area contributed by atoms with Gasteiger partial charge in [0, 0.05) is 0 Å². The summed E-state index contributed by atoms with van der Waals surface area (Å²) in [4.78, 5) is 0. The van der Waals surface area contributed by atoms with E-state index in [0.29, 0.717) is 17.1 Å². The molecule has 0 spiro atoms. The van der Waals surface area contributed by atoms with Crippen LogP contribution in [0.15, 0.2) is 51.8 Å². The van der Waals surface area contributed by atoms with Gasteiger partial charge >= 0.3 is 149 Å². The van der Waals surface area contributed by atoms with Crippen LogP contribution in [0, 0.1) is 0 Å². The standard InChI is InChI=1S/C16H17N5P.Tl/c1-3-7-10(2)20-15-13(18)12(17)14(19)16(22-15)21-11-8-5-4-6-9-11;/h1-9,20-21H,17-19H2;. The summed E-state index contributed by atoms with van der Waals surface area (Å²) in [5, 5.41) is 6.72. The average molecular weight is 515 g/mol. The molecule has 3 rings (SSSR count). The third kappa shape index (κ3) is 3.73. The molecule has 0 bridgehead atoms. The molecule has 0 unspecified atom stereocenters. The Kier molecular flexibility index (Phi) is 4.97. The summed E-state index contributed by atoms with van der Waals surface area (Å²) in [5.74, 6) is 0. The molecule has 1 aliphatic heterocycles. The first-order chi connectivity index (χ1) is 11.1. The van der Waals surface area contributed by atoms with Gasteiger partial charge in [-0.05, 0) is 0 Å². The van der Waals surface area contributed by atoms with Crippen LogP contribution >= 0.6 is 8.19 Å². The van der Waals surface area contributed by atoms with Crippen LogP contribution in [0.3, 0.4) is 0 Å². The van der Waals surface area contributed by atoms with Crippen molar-refractivity contribution < 1.29 is 0 Å². The quantitative estimate of drug-likeness (QED) is 0.404. The van der Waals surface area contributed by atoms with Gasteiger partial charge in [0.15, 0.2) is 0 Å². The Morgan fingerprint density at radius 2 is 1.57 bits per heavy atom. The first-order valence-electron chi connectivity index (χ1n) is 7.13. The fraction of sp³-hybridized carbons (Fsp3) is 0. The summed E-state index contributed by atoms with van der Waals surface area (Å²) >= 11 is -0.868. The average Bonchev–Trinajstić information content (AvgIpc) is 2.59. The molecule has 0 fully saturated rings. The van der Waals surface area contributed by atoms with Crippen LogP contribution in [-0.2, 0) is 0 Å². The van der Waals surface area contributed by atoms with Crippen LogP contribution in [0.5, 0.6) is 0 Å². The third-order valence-electron chi connectivity index (χ3n) is 3.39. The zero-order chi connectivity index (χ0) is 16.2. The summed E-state index contributed by atoms with van der Waals surface area (Å²) in [6, 6.07) is 9.87. The molecule has 0 saturated carbocycles. The molecule has 2 aromatic rings. The van der Waals surface area contributed by atoms with Crippen molar-refractivity contribution in [1.29, 1.82) is 0 Å². The van der Waals surface area contributed by atoms with Gasteiger partial charge in [-0.1, -0.05) is 0 Å². The van der Waals surface area contributed by atoms with Gasteiger partial charge in [0.25, 0.3) is 0 Å². The van der Waals surface area contributed by atoms with Crippen LogP contribution < -0.4 is 27.8 Å². The van der Waals surface area contributed by atoms with Crippen molar-refractivity contribution in [3.8, 4) is 0 Å². The molecule has 1 aromatic carbocycles. The Bertz CT molecular complexity index is 815. The molecule has 7 heteroatoms. The number of allylic oxidation sites excluding steroid dienone is 2. The molecule has 5 nitrogen and oxygen atoms in total. The number of para-hydroxylation sites is 1. The predicted molar refractivity (Wildman–Crippen MR) is 105 cm³/mol.